The number of hydrogen-bond donors (Lipinski definition) is 0. The Labute approximate surface area is 69.4 Å². The molecule has 0 N–H and O–H groups in total. The molecule has 0 aliphatic rings. The Morgan fingerprint density at radius 3 is 2.42 bits per heavy atom. The molecule has 0 radical (unpaired) electrons. The lowest BCUT2D eigenvalue weighted by molar-refractivity contribution is 0.524. The van der Waals surface area contributed by atoms with Crippen LogP contribution in [-0.4, -0.2) is 23.2 Å². The quantitative estimate of drug-likeness (QED) is 0.632. The lowest BCUT2D eigenvalue weighted by Gasteiger charge is -1.99. The molecule has 0 aliphatic heterocycles. The Morgan fingerprint density at radius 2 is 2.08 bits per heavy atom. The summed E-state index contributed by atoms with van der Waals surface area (Å²) in [7, 11) is -4.74. The molecule has 12 heavy (non-hydrogen) atoms. The fourth-order valence-corrected chi connectivity index (χ4v) is 1.57. The molecule has 7 heteroatoms. The fourth-order valence-electron chi connectivity index (χ4n) is 0.906. The third-order valence-electron chi connectivity index (χ3n) is 1.44. The first kappa shape index (κ1) is 9.11. The van der Waals surface area contributed by atoms with Gasteiger partial charge in [0.1, 0.15) is 5.82 Å². The molecule has 1 rings (SSSR count). The van der Waals surface area contributed by atoms with Crippen LogP contribution in [0.3, 0.4) is 0 Å². The van der Waals surface area contributed by atoms with Gasteiger partial charge in [0, 0.05) is 6.54 Å². The number of nitrogens with zero attached hydrogens (tertiary/aromatic N) is 3. The Hall–Kier alpha value is -0.980. The minimum atomic E-state index is -4.74. The van der Waals surface area contributed by atoms with Gasteiger partial charge in [-0.15, -0.1) is 10.2 Å². The van der Waals surface area contributed by atoms with Gasteiger partial charge in [0.25, 0.3) is 5.16 Å². The summed E-state index contributed by atoms with van der Waals surface area (Å²) in [6.45, 7) is 3.58. The van der Waals surface area contributed by atoms with Gasteiger partial charge < -0.3 is 4.57 Å². The molecule has 0 atom stereocenters. The molecule has 68 valence electrons. The number of hydrogen-bond acceptors (Lipinski definition) is 4. The third-order valence-corrected chi connectivity index (χ3v) is 2.17. The first-order valence-electron chi connectivity index (χ1n) is 3.31. The summed E-state index contributed by atoms with van der Waals surface area (Å²) < 4.78 is 34.5. The van der Waals surface area contributed by atoms with E-state index in [-0.39, 0.29) is 0 Å². The zero-order chi connectivity index (χ0) is 9.35. The monoisotopic (exact) mass is 193 g/mol. The lowest BCUT2D eigenvalue weighted by Crippen LogP contribution is -2.06. The highest BCUT2D eigenvalue weighted by Crippen LogP contribution is 2.10. The number of aromatic nitrogens is 3. The molecule has 0 spiro atoms. The summed E-state index contributed by atoms with van der Waals surface area (Å²) in [5.41, 5.74) is 0. The van der Waals surface area contributed by atoms with E-state index in [1.54, 1.807) is 13.8 Å². The average Bonchev–Trinajstić information content (AvgIpc) is 2.29. The van der Waals surface area contributed by atoms with E-state index in [0.29, 0.717) is 12.4 Å². The van der Waals surface area contributed by atoms with Crippen LogP contribution < -0.4 is 0 Å². The summed E-state index contributed by atoms with van der Waals surface area (Å²) >= 11 is 0. The van der Waals surface area contributed by atoms with Crippen molar-refractivity contribution in [3.63, 3.8) is 0 Å². The summed E-state index contributed by atoms with van der Waals surface area (Å²) in [4.78, 5) is 0. The van der Waals surface area contributed by atoms with Crippen LogP contribution in [0, 0.1) is 6.92 Å². The van der Waals surface area contributed by atoms with Crippen molar-refractivity contribution in [1.82, 2.24) is 14.8 Å². The van der Waals surface area contributed by atoms with Gasteiger partial charge in [-0.05, 0) is 13.8 Å². The smallest absolute Gasteiger partial charge is 0.300 e. The summed E-state index contributed by atoms with van der Waals surface area (Å²) in [5, 5.41) is 6.03. The zero-order valence-corrected chi connectivity index (χ0v) is 7.47. The van der Waals surface area contributed by atoms with Gasteiger partial charge in [-0.3, -0.25) is 0 Å². The maximum atomic E-state index is 12.4. The van der Waals surface area contributed by atoms with Crippen LogP contribution in [0.1, 0.15) is 12.7 Å². The summed E-state index contributed by atoms with van der Waals surface area (Å²) in [6, 6.07) is 0. The molecule has 0 saturated heterocycles. The van der Waals surface area contributed by atoms with E-state index in [0.717, 1.165) is 0 Å². The van der Waals surface area contributed by atoms with Crippen LogP contribution in [0.2, 0.25) is 0 Å². The second kappa shape index (κ2) is 2.81. The van der Waals surface area contributed by atoms with Crippen molar-refractivity contribution < 1.29 is 12.3 Å². The maximum absolute atomic E-state index is 12.4. The molecular formula is C5H8FN3O2S. The van der Waals surface area contributed by atoms with Crippen LogP contribution in [0.15, 0.2) is 5.16 Å². The summed E-state index contributed by atoms with van der Waals surface area (Å²) in [5.74, 6) is 0.383. The molecule has 1 heterocycles. The minimum Gasteiger partial charge on any atom is -0.300 e. The standard InChI is InChI=1S/C5H8FN3O2S/c1-3-9-4(2)7-8-5(9)12(6,10)11/h3H2,1-2H3. The van der Waals surface area contributed by atoms with Crippen molar-refractivity contribution in [2.24, 2.45) is 0 Å². The van der Waals surface area contributed by atoms with Crippen molar-refractivity contribution in [3.05, 3.63) is 5.82 Å². The van der Waals surface area contributed by atoms with Crippen LogP contribution in [0.4, 0.5) is 3.89 Å². The van der Waals surface area contributed by atoms with Gasteiger partial charge in [-0.1, -0.05) is 3.89 Å². The summed E-state index contributed by atoms with van der Waals surface area (Å²) in [6.07, 6.45) is 0. The van der Waals surface area contributed by atoms with Crippen LogP contribution in [0.25, 0.3) is 0 Å². The molecule has 0 aromatic carbocycles. The van der Waals surface area contributed by atoms with Crippen molar-refractivity contribution >= 4 is 10.2 Å². The molecule has 1 aromatic heterocycles. The van der Waals surface area contributed by atoms with Gasteiger partial charge >= 0.3 is 10.2 Å². The van der Waals surface area contributed by atoms with E-state index in [1.807, 2.05) is 0 Å². The van der Waals surface area contributed by atoms with E-state index >= 15 is 0 Å². The van der Waals surface area contributed by atoms with Crippen molar-refractivity contribution in [2.75, 3.05) is 0 Å². The van der Waals surface area contributed by atoms with E-state index in [2.05, 4.69) is 10.2 Å². The third kappa shape index (κ3) is 1.45. The molecule has 0 aliphatic carbocycles. The van der Waals surface area contributed by atoms with Gasteiger partial charge in [0.05, 0.1) is 0 Å². The van der Waals surface area contributed by atoms with E-state index in [1.165, 1.54) is 4.57 Å². The second-order valence-corrected chi connectivity index (χ2v) is 3.45. The van der Waals surface area contributed by atoms with Gasteiger partial charge in [0.2, 0.25) is 0 Å². The largest absolute Gasteiger partial charge is 0.368 e. The van der Waals surface area contributed by atoms with Gasteiger partial charge in [0.15, 0.2) is 0 Å². The Kier molecular flexibility index (Phi) is 2.14. The fraction of sp³-hybridized carbons (Fsp3) is 0.600. The van der Waals surface area contributed by atoms with E-state index in [4.69, 9.17) is 0 Å². The average molecular weight is 193 g/mol. The maximum Gasteiger partial charge on any atom is 0.368 e. The highest BCUT2D eigenvalue weighted by atomic mass is 32.3. The second-order valence-electron chi connectivity index (χ2n) is 2.21. The molecular weight excluding hydrogens is 185 g/mol. The van der Waals surface area contributed by atoms with E-state index < -0.39 is 15.4 Å². The SMILES string of the molecule is CCn1c(C)nnc1S(=O)(=O)F. The predicted octanol–water partition coefficient (Wildman–Crippen LogP) is 0.265. The van der Waals surface area contributed by atoms with Crippen molar-refractivity contribution in [3.8, 4) is 0 Å². The first-order chi connectivity index (χ1) is 5.46. The normalized spacial score (nSPS) is 11.9. The number of aryl methyl sites for hydroxylation is 1. The molecule has 0 unspecified atom stereocenters. The molecule has 0 bridgehead atoms. The number of halogens is 1. The van der Waals surface area contributed by atoms with Crippen molar-refractivity contribution in [2.45, 2.75) is 25.5 Å². The van der Waals surface area contributed by atoms with Crippen LogP contribution in [-0.2, 0) is 16.8 Å². The number of rotatable bonds is 2. The van der Waals surface area contributed by atoms with Gasteiger partial charge in [-0.2, -0.15) is 8.42 Å². The highest BCUT2D eigenvalue weighted by molar-refractivity contribution is 7.86. The Bertz CT molecular complexity index is 383. The topological polar surface area (TPSA) is 64.8 Å². The molecule has 0 amide bonds. The minimum absolute atomic E-state index is 0.331. The molecule has 0 saturated carbocycles. The lowest BCUT2D eigenvalue weighted by atomic mass is 10.6. The predicted molar refractivity (Wildman–Crippen MR) is 38.7 cm³/mol. The zero-order valence-electron chi connectivity index (χ0n) is 6.65. The highest BCUT2D eigenvalue weighted by Gasteiger charge is 2.21. The van der Waals surface area contributed by atoms with E-state index in [9.17, 15) is 12.3 Å². The molecule has 5 nitrogen and oxygen atoms in total. The Balaban J connectivity index is 3.36. The van der Waals surface area contributed by atoms with Crippen LogP contribution >= 0.6 is 0 Å². The Morgan fingerprint density at radius 1 is 1.50 bits per heavy atom. The van der Waals surface area contributed by atoms with Crippen LogP contribution in [0.5, 0.6) is 0 Å². The molecule has 0 fully saturated rings. The van der Waals surface area contributed by atoms with Crippen molar-refractivity contribution in [1.29, 1.82) is 0 Å². The molecule has 1 aromatic rings. The van der Waals surface area contributed by atoms with Gasteiger partial charge in [-0.25, -0.2) is 0 Å². The first-order valence-corrected chi connectivity index (χ1v) is 4.69.